The van der Waals surface area contributed by atoms with E-state index in [0.29, 0.717) is 17.2 Å². The molecule has 0 fully saturated rings. The first-order valence-electron chi connectivity index (χ1n) is 7.24. The van der Waals surface area contributed by atoms with Crippen LogP contribution in [0.5, 0.6) is 17.2 Å². The molecule has 0 atom stereocenters. The van der Waals surface area contributed by atoms with Gasteiger partial charge in [-0.1, -0.05) is 59.3 Å². The molecule has 0 aromatic heterocycles. The summed E-state index contributed by atoms with van der Waals surface area (Å²) in [7, 11) is -4.05. The molecule has 0 saturated heterocycles. The van der Waals surface area contributed by atoms with Gasteiger partial charge in [0, 0.05) is 0 Å². The smallest absolute Gasteiger partial charge is 0.393 e. The molecule has 0 aliphatic heterocycles. The molecule has 0 N–H and O–H groups in total. The lowest BCUT2D eigenvalue weighted by Gasteiger charge is -2.17. The van der Waals surface area contributed by atoms with E-state index in [2.05, 4.69) is 0 Å². The second kappa shape index (κ2) is 7.68. The molecular formula is C18H15O5P. The molecule has 0 unspecified atom stereocenters. The fourth-order valence-corrected chi connectivity index (χ4v) is 2.87. The molecule has 0 saturated carbocycles. The van der Waals surface area contributed by atoms with Gasteiger partial charge in [-0.3, -0.25) is 0 Å². The minimum Gasteiger partial charge on any atom is -0.393 e. The van der Waals surface area contributed by atoms with Gasteiger partial charge < -0.3 is 13.9 Å². The van der Waals surface area contributed by atoms with Crippen LogP contribution in [0.3, 0.4) is 0 Å². The van der Waals surface area contributed by atoms with E-state index in [9.17, 15) is 4.57 Å². The van der Waals surface area contributed by atoms with Crippen LogP contribution in [0.1, 0.15) is 0 Å². The first-order valence-corrected chi connectivity index (χ1v) is 8.70. The van der Waals surface area contributed by atoms with Gasteiger partial charge >= 0.3 is 7.82 Å². The highest BCUT2D eigenvalue weighted by Gasteiger charge is 2.33. The molecular weight excluding hydrogens is 327 g/mol. The van der Waals surface area contributed by atoms with Crippen molar-refractivity contribution in [3.05, 3.63) is 91.0 Å². The van der Waals surface area contributed by atoms with Crippen molar-refractivity contribution in [1.82, 2.24) is 0 Å². The van der Waals surface area contributed by atoms with Crippen LogP contribution in [0.15, 0.2) is 91.0 Å². The van der Waals surface area contributed by atoms with Crippen LogP contribution in [0.25, 0.3) is 0 Å². The van der Waals surface area contributed by atoms with Crippen LogP contribution in [0, 0.1) is 0 Å². The number of phosphoric ester groups is 1. The molecule has 0 amide bonds. The number of hydrogen-bond acceptors (Lipinski definition) is 5. The van der Waals surface area contributed by atoms with Crippen molar-refractivity contribution in [1.29, 1.82) is 0 Å². The highest BCUT2D eigenvalue weighted by molar-refractivity contribution is 7.49. The van der Waals surface area contributed by atoms with Gasteiger partial charge in [0.1, 0.15) is 11.5 Å². The largest absolute Gasteiger partial charge is 0.625 e. The van der Waals surface area contributed by atoms with Crippen molar-refractivity contribution in [2.24, 2.45) is 0 Å². The van der Waals surface area contributed by atoms with E-state index < -0.39 is 7.82 Å². The van der Waals surface area contributed by atoms with Crippen LogP contribution < -0.4 is 13.9 Å². The maximum atomic E-state index is 12.9. The summed E-state index contributed by atoms with van der Waals surface area (Å²) in [4.78, 5) is 5.10. The second-order valence-electron chi connectivity index (χ2n) is 4.73. The Balaban J connectivity index is 1.78. The second-order valence-corrected chi connectivity index (χ2v) is 6.14. The molecule has 24 heavy (non-hydrogen) atoms. The number of phosphoric acid groups is 1. The summed E-state index contributed by atoms with van der Waals surface area (Å²) in [6.07, 6.45) is 0. The fraction of sp³-hybridized carbons (Fsp3) is 0. The predicted molar refractivity (Wildman–Crippen MR) is 89.9 cm³/mol. The molecule has 0 heterocycles. The monoisotopic (exact) mass is 342 g/mol. The van der Waals surface area contributed by atoms with Crippen LogP contribution in [0.2, 0.25) is 0 Å². The van der Waals surface area contributed by atoms with E-state index in [4.69, 9.17) is 18.6 Å². The van der Waals surface area contributed by atoms with E-state index in [1.807, 2.05) is 18.2 Å². The summed E-state index contributed by atoms with van der Waals surface area (Å²) in [6.45, 7) is 0. The zero-order valence-electron chi connectivity index (χ0n) is 12.6. The molecule has 5 nitrogen and oxygen atoms in total. The molecule has 0 bridgehead atoms. The lowest BCUT2D eigenvalue weighted by molar-refractivity contribution is -0.119. The molecule has 0 aliphatic rings. The summed E-state index contributed by atoms with van der Waals surface area (Å²) in [5.41, 5.74) is 0. The Kier molecular flexibility index (Phi) is 5.16. The minimum atomic E-state index is -4.05. The van der Waals surface area contributed by atoms with E-state index >= 15 is 0 Å². The average Bonchev–Trinajstić information content (AvgIpc) is 2.63. The zero-order valence-corrected chi connectivity index (χ0v) is 13.5. The minimum absolute atomic E-state index is 0.341. The van der Waals surface area contributed by atoms with Crippen molar-refractivity contribution in [3.8, 4) is 17.2 Å². The van der Waals surface area contributed by atoms with Crippen LogP contribution >= 0.6 is 7.82 Å². The summed E-state index contributed by atoms with van der Waals surface area (Å²) in [5, 5.41) is 0. The number of para-hydroxylation sites is 3. The molecule has 0 aliphatic carbocycles. The summed E-state index contributed by atoms with van der Waals surface area (Å²) in [6, 6.07) is 25.9. The van der Waals surface area contributed by atoms with E-state index in [1.165, 1.54) is 0 Å². The first kappa shape index (κ1) is 16.1. The standard InChI is InChI=1S/C18H15O5P/c19-24(21-17-12-6-2-7-13-17,22-18-14-8-3-9-15-18)23-20-16-10-4-1-5-11-16/h1-15H. The third-order valence-electron chi connectivity index (χ3n) is 2.89. The highest BCUT2D eigenvalue weighted by atomic mass is 31.2. The van der Waals surface area contributed by atoms with Crippen LogP contribution in [-0.2, 0) is 9.24 Å². The molecule has 3 aromatic carbocycles. The molecule has 122 valence electrons. The van der Waals surface area contributed by atoms with Crippen LogP contribution in [-0.4, -0.2) is 0 Å². The molecule has 3 aromatic rings. The lowest BCUT2D eigenvalue weighted by Crippen LogP contribution is -2.07. The molecule has 0 spiro atoms. The third kappa shape index (κ3) is 4.62. The van der Waals surface area contributed by atoms with Gasteiger partial charge in [0.15, 0.2) is 5.75 Å². The Labute approximate surface area is 139 Å². The molecule has 6 heteroatoms. The Bertz CT molecular complexity index is 748. The quantitative estimate of drug-likeness (QED) is 0.333. The third-order valence-corrected chi connectivity index (χ3v) is 4.01. The van der Waals surface area contributed by atoms with Crippen molar-refractivity contribution in [3.63, 3.8) is 0 Å². The topological polar surface area (TPSA) is 54.0 Å². The number of benzene rings is 3. The van der Waals surface area contributed by atoms with Crippen molar-refractivity contribution < 1.29 is 23.2 Å². The first-order chi connectivity index (χ1) is 11.7. The normalized spacial score (nSPS) is 10.8. The van der Waals surface area contributed by atoms with Gasteiger partial charge in [-0.2, -0.15) is 0 Å². The van der Waals surface area contributed by atoms with E-state index in [-0.39, 0.29) is 0 Å². The van der Waals surface area contributed by atoms with Gasteiger partial charge in [0.05, 0.1) is 0 Å². The Morgan fingerprint density at radius 2 is 0.917 bits per heavy atom. The maximum Gasteiger partial charge on any atom is 0.625 e. The number of rotatable bonds is 7. The average molecular weight is 342 g/mol. The highest BCUT2D eigenvalue weighted by Crippen LogP contribution is 2.49. The Hall–Kier alpha value is -2.75. The Morgan fingerprint density at radius 1 is 0.542 bits per heavy atom. The number of hydrogen-bond donors (Lipinski definition) is 0. The van der Waals surface area contributed by atoms with Crippen molar-refractivity contribution in [2.45, 2.75) is 0 Å². The van der Waals surface area contributed by atoms with Gasteiger partial charge in [-0.15, -0.1) is 0 Å². The van der Waals surface area contributed by atoms with Crippen LogP contribution in [0.4, 0.5) is 0 Å². The van der Waals surface area contributed by atoms with Crippen molar-refractivity contribution in [2.75, 3.05) is 0 Å². The zero-order chi connectivity index (χ0) is 16.7. The SMILES string of the molecule is O=P(OOc1ccccc1)(Oc1ccccc1)Oc1ccccc1. The lowest BCUT2D eigenvalue weighted by atomic mass is 10.3. The maximum absolute atomic E-state index is 12.9. The summed E-state index contributed by atoms with van der Waals surface area (Å²) in [5.74, 6) is 1.06. The molecule has 0 radical (unpaired) electrons. The van der Waals surface area contributed by atoms with Gasteiger partial charge in [-0.05, 0) is 36.4 Å². The Morgan fingerprint density at radius 3 is 1.33 bits per heavy atom. The van der Waals surface area contributed by atoms with Gasteiger partial charge in [0.2, 0.25) is 0 Å². The van der Waals surface area contributed by atoms with Gasteiger partial charge in [-0.25, -0.2) is 4.57 Å². The van der Waals surface area contributed by atoms with E-state index in [0.717, 1.165) is 0 Å². The summed E-state index contributed by atoms with van der Waals surface area (Å²) >= 11 is 0. The van der Waals surface area contributed by atoms with Crippen molar-refractivity contribution >= 4 is 7.82 Å². The fourth-order valence-electron chi connectivity index (χ4n) is 1.83. The predicted octanol–water partition coefficient (Wildman–Crippen LogP) is 5.26. The van der Waals surface area contributed by atoms with E-state index in [1.54, 1.807) is 72.8 Å². The summed E-state index contributed by atoms with van der Waals surface area (Å²) < 4.78 is 28.8. The van der Waals surface area contributed by atoms with Gasteiger partial charge in [0.25, 0.3) is 0 Å². The molecule has 3 rings (SSSR count).